The number of allylic oxidation sites excluding steroid dienone is 1. The molecule has 0 aliphatic carbocycles. The van der Waals surface area contributed by atoms with Crippen molar-refractivity contribution < 1.29 is 19.8 Å². The number of benzene rings is 1. The Morgan fingerprint density at radius 1 is 1.27 bits per heavy atom. The molecule has 2 amide bonds. The quantitative estimate of drug-likeness (QED) is 0.520. The number of aliphatic hydroxyl groups excluding tert-OH is 2. The van der Waals surface area contributed by atoms with Crippen LogP contribution in [0.3, 0.4) is 0 Å². The highest BCUT2D eigenvalue weighted by Crippen LogP contribution is 2.16. The number of amides is 2. The van der Waals surface area contributed by atoms with Crippen LogP contribution in [0, 0.1) is 5.92 Å². The molecule has 0 fully saturated rings. The van der Waals surface area contributed by atoms with Crippen molar-refractivity contribution in [1.82, 2.24) is 10.2 Å². The second-order valence-electron chi connectivity index (χ2n) is 6.98. The van der Waals surface area contributed by atoms with Crippen molar-refractivity contribution in [2.45, 2.75) is 38.8 Å². The van der Waals surface area contributed by atoms with Crippen LogP contribution in [0.1, 0.15) is 32.3 Å². The summed E-state index contributed by atoms with van der Waals surface area (Å²) in [4.78, 5) is 26.8. The van der Waals surface area contributed by atoms with Crippen molar-refractivity contribution in [3.05, 3.63) is 48.6 Å². The molecule has 1 atom stereocenters. The van der Waals surface area contributed by atoms with Crippen LogP contribution in [0.25, 0.3) is 0 Å². The van der Waals surface area contributed by atoms with E-state index in [1.165, 1.54) is 0 Å². The first-order valence-corrected chi connectivity index (χ1v) is 8.79. The average Bonchev–Trinajstić information content (AvgIpc) is 2.61. The summed E-state index contributed by atoms with van der Waals surface area (Å²) in [6.07, 6.45) is 1.99. The van der Waals surface area contributed by atoms with Crippen LogP contribution in [-0.2, 0) is 16.1 Å². The topological polar surface area (TPSA) is 89.9 Å². The molecule has 0 bridgehead atoms. The molecule has 0 saturated carbocycles. The number of hydrogen-bond acceptors (Lipinski definition) is 4. The summed E-state index contributed by atoms with van der Waals surface area (Å²) < 4.78 is 0. The number of carbonyl (C=O) groups excluding carboxylic acids is 2. The lowest BCUT2D eigenvalue weighted by molar-refractivity contribution is -0.137. The number of carbonyl (C=O) groups is 2. The summed E-state index contributed by atoms with van der Waals surface area (Å²) in [5.74, 6) is -1.06. The van der Waals surface area contributed by atoms with E-state index in [2.05, 4.69) is 11.9 Å². The third kappa shape index (κ3) is 7.37. The molecule has 144 valence electrons. The molecule has 0 aliphatic heterocycles. The largest absolute Gasteiger partial charge is 0.395 e. The van der Waals surface area contributed by atoms with E-state index in [9.17, 15) is 19.8 Å². The van der Waals surface area contributed by atoms with Gasteiger partial charge in [-0.15, -0.1) is 6.58 Å². The van der Waals surface area contributed by atoms with E-state index in [1.54, 1.807) is 24.8 Å². The number of hydrogen-bond donors (Lipinski definition) is 3. The Morgan fingerprint density at radius 2 is 1.92 bits per heavy atom. The Labute approximate surface area is 155 Å². The lowest BCUT2D eigenvalue weighted by Crippen LogP contribution is -2.49. The van der Waals surface area contributed by atoms with Gasteiger partial charge in [0.2, 0.25) is 11.8 Å². The normalized spacial score (nSPS) is 12.3. The first kappa shape index (κ1) is 21.9. The van der Waals surface area contributed by atoms with Gasteiger partial charge in [0, 0.05) is 19.5 Å². The van der Waals surface area contributed by atoms with Crippen LogP contribution < -0.4 is 5.32 Å². The molecule has 0 saturated heterocycles. The van der Waals surface area contributed by atoms with Gasteiger partial charge in [-0.05, 0) is 25.8 Å². The number of rotatable bonds is 11. The molecule has 0 heterocycles. The van der Waals surface area contributed by atoms with Gasteiger partial charge in [-0.1, -0.05) is 36.4 Å². The summed E-state index contributed by atoms with van der Waals surface area (Å²) >= 11 is 0. The van der Waals surface area contributed by atoms with E-state index in [0.717, 1.165) is 5.56 Å². The Hall–Kier alpha value is -2.18. The van der Waals surface area contributed by atoms with Crippen molar-refractivity contribution in [2.24, 2.45) is 5.92 Å². The molecule has 0 unspecified atom stereocenters. The van der Waals surface area contributed by atoms with Gasteiger partial charge in [0.15, 0.2) is 0 Å². The Morgan fingerprint density at radius 3 is 2.46 bits per heavy atom. The molecule has 3 N–H and O–H groups in total. The zero-order valence-electron chi connectivity index (χ0n) is 15.6. The first-order valence-electron chi connectivity index (χ1n) is 8.79. The second-order valence-corrected chi connectivity index (χ2v) is 6.98. The lowest BCUT2D eigenvalue weighted by Gasteiger charge is -2.28. The Bertz CT molecular complexity index is 587. The third-order valence-corrected chi connectivity index (χ3v) is 4.04. The zero-order chi connectivity index (χ0) is 19.6. The molecular formula is C20H30N2O4. The number of nitrogens with one attached hydrogen (secondary N) is 1. The smallest absolute Gasteiger partial charge is 0.224 e. The van der Waals surface area contributed by atoms with E-state index >= 15 is 0 Å². The molecular weight excluding hydrogens is 332 g/mol. The van der Waals surface area contributed by atoms with Gasteiger partial charge in [0.1, 0.15) is 0 Å². The molecule has 1 rings (SSSR count). The lowest BCUT2D eigenvalue weighted by atomic mass is 9.97. The maximum absolute atomic E-state index is 12.7. The standard InChI is InChI=1S/C20H30N2O4/c1-4-8-17(19(26)21-20(2,3)15-24)13-18(25)22(11-12-23)14-16-9-6-5-7-10-16/h4-7,9-10,17,23-24H,1,8,11-15H2,2-3H3,(H,21,26)/t17-/m1/s1. The van der Waals surface area contributed by atoms with E-state index in [0.29, 0.717) is 13.0 Å². The maximum atomic E-state index is 12.7. The molecule has 0 aromatic heterocycles. The number of nitrogens with zero attached hydrogens (tertiary/aromatic N) is 1. The second kappa shape index (κ2) is 10.7. The van der Waals surface area contributed by atoms with Crippen LogP contribution in [0.4, 0.5) is 0 Å². The monoisotopic (exact) mass is 362 g/mol. The van der Waals surface area contributed by atoms with E-state index in [1.807, 2.05) is 30.3 Å². The summed E-state index contributed by atoms with van der Waals surface area (Å²) in [7, 11) is 0. The third-order valence-electron chi connectivity index (χ3n) is 4.04. The van der Waals surface area contributed by atoms with Crippen LogP contribution in [0.15, 0.2) is 43.0 Å². The van der Waals surface area contributed by atoms with Gasteiger partial charge in [0.25, 0.3) is 0 Å². The van der Waals surface area contributed by atoms with E-state index < -0.39 is 11.5 Å². The number of aliphatic hydroxyl groups is 2. The fraction of sp³-hybridized carbons (Fsp3) is 0.500. The summed E-state index contributed by atoms with van der Waals surface area (Å²) in [6, 6.07) is 9.50. The highest BCUT2D eigenvalue weighted by molar-refractivity contribution is 5.86. The van der Waals surface area contributed by atoms with Gasteiger partial charge in [0.05, 0.1) is 24.7 Å². The van der Waals surface area contributed by atoms with Crippen LogP contribution in [0.5, 0.6) is 0 Å². The van der Waals surface area contributed by atoms with Crippen LogP contribution in [-0.4, -0.2) is 52.2 Å². The predicted octanol–water partition coefficient (Wildman–Crippen LogP) is 1.48. The highest BCUT2D eigenvalue weighted by Gasteiger charge is 2.28. The van der Waals surface area contributed by atoms with Crippen molar-refractivity contribution in [1.29, 1.82) is 0 Å². The van der Waals surface area contributed by atoms with Crippen LogP contribution >= 0.6 is 0 Å². The van der Waals surface area contributed by atoms with Gasteiger partial charge in [-0.2, -0.15) is 0 Å². The molecule has 26 heavy (non-hydrogen) atoms. The summed E-state index contributed by atoms with van der Waals surface area (Å²) in [5, 5.41) is 21.4. The molecule has 0 spiro atoms. The first-order chi connectivity index (χ1) is 12.3. The molecule has 0 aliphatic rings. The van der Waals surface area contributed by atoms with E-state index in [-0.39, 0.29) is 38.0 Å². The minimum Gasteiger partial charge on any atom is -0.395 e. The van der Waals surface area contributed by atoms with Crippen LogP contribution in [0.2, 0.25) is 0 Å². The SMILES string of the molecule is C=CC[C@H](CC(=O)N(CCO)Cc1ccccc1)C(=O)NC(C)(C)CO. The average molecular weight is 362 g/mol. The van der Waals surface area contributed by atoms with Crippen molar-refractivity contribution >= 4 is 11.8 Å². The fourth-order valence-corrected chi connectivity index (χ4v) is 2.52. The minimum absolute atomic E-state index is 0.0200. The van der Waals surface area contributed by atoms with Gasteiger partial charge >= 0.3 is 0 Å². The van der Waals surface area contributed by atoms with Crippen molar-refractivity contribution in [3.63, 3.8) is 0 Å². The van der Waals surface area contributed by atoms with Crippen molar-refractivity contribution in [3.8, 4) is 0 Å². The summed E-state index contributed by atoms with van der Waals surface area (Å²) in [5.41, 5.74) is 0.203. The van der Waals surface area contributed by atoms with Gasteiger partial charge < -0.3 is 20.4 Å². The summed E-state index contributed by atoms with van der Waals surface area (Å²) in [6.45, 7) is 7.33. The van der Waals surface area contributed by atoms with Crippen molar-refractivity contribution in [2.75, 3.05) is 19.8 Å². The highest BCUT2D eigenvalue weighted by atomic mass is 16.3. The molecule has 6 nitrogen and oxygen atoms in total. The van der Waals surface area contributed by atoms with Gasteiger partial charge in [-0.25, -0.2) is 0 Å². The fourth-order valence-electron chi connectivity index (χ4n) is 2.52. The van der Waals surface area contributed by atoms with Gasteiger partial charge in [-0.3, -0.25) is 9.59 Å². The Kier molecular flexibility index (Phi) is 9.02. The predicted molar refractivity (Wildman–Crippen MR) is 101 cm³/mol. The minimum atomic E-state index is -0.756. The molecule has 1 aromatic carbocycles. The Balaban J connectivity index is 2.81. The molecule has 1 aromatic rings. The molecule has 6 heteroatoms. The van der Waals surface area contributed by atoms with E-state index in [4.69, 9.17) is 0 Å². The zero-order valence-corrected chi connectivity index (χ0v) is 15.6. The maximum Gasteiger partial charge on any atom is 0.224 e. The molecule has 0 radical (unpaired) electrons.